The van der Waals surface area contributed by atoms with Crippen LogP contribution in [0.15, 0.2) is 16.9 Å². The number of aryl methyl sites for hydroxylation is 1. The SMILES string of the molecule is COc1ccc(OC)c2c(C)c(Cl)c(=O)[nH]c12. The third-order valence-electron chi connectivity index (χ3n) is 2.71. The van der Waals surface area contributed by atoms with E-state index in [0.717, 1.165) is 5.39 Å². The van der Waals surface area contributed by atoms with E-state index in [1.807, 2.05) is 0 Å². The van der Waals surface area contributed by atoms with Crippen molar-refractivity contribution in [2.45, 2.75) is 6.92 Å². The van der Waals surface area contributed by atoms with Crippen molar-refractivity contribution in [3.63, 3.8) is 0 Å². The minimum atomic E-state index is -0.330. The Morgan fingerprint density at radius 2 is 1.76 bits per heavy atom. The maximum atomic E-state index is 11.6. The van der Waals surface area contributed by atoms with Gasteiger partial charge in [-0.3, -0.25) is 4.79 Å². The Morgan fingerprint density at radius 1 is 1.18 bits per heavy atom. The van der Waals surface area contributed by atoms with E-state index in [2.05, 4.69) is 4.98 Å². The van der Waals surface area contributed by atoms with Crippen molar-refractivity contribution < 1.29 is 9.47 Å². The normalized spacial score (nSPS) is 10.6. The van der Waals surface area contributed by atoms with E-state index in [9.17, 15) is 4.79 Å². The first kappa shape index (κ1) is 11.8. The van der Waals surface area contributed by atoms with Gasteiger partial charge in [0.15, 0.2) is 0 Å². The number of benzene rings is 1. The summed E-state index contributed by atoms with van der Waals surface area (Å²) < 4.78 is 10.5. The maximum absolute atomic E-state index is 11.6. The smallest absolute Gasteiger partial charge is 0.267 e. The lowest BCUT2D eigenvalue weighted by Gasteiger charge is -2.12. The molecule has 0 amide bonds. The Bertz CT molecular complexity index is 634. The Hall–Kier alpha value is -1.68. The second-order valence-electron chi connectivity index (χ2n) is 3.61. The molecular weight excluding hydrogens is 242 g/mol. The van der Waals surface area contributed by atoms with E-state index in [1.165, 1.54) is 0 Å². The van der Waals surface area contributed by atoms with Gasteiger partial charge < -0.3 is 14.5 Å². The van der Waals surface area contributed by atoms with Gasteiger partial charge in [0.2, 0.25) is 0 Å². The van der Waals surface area contributed by atoms with E-state index < -0.39 is 0 Å². The number of aromatic amines is 1. The summed E-state index contributed by atoms with van der Waals surface area (Å²) in [5.41, 5.74) is 0.947. The highest BCUT2D eigenvalue weighted by atomic mass is 35.5. The van der Waals surface area contributed by atoms with Crippen LogP contribution >= 0.6 is 11.6 Å². The molecule has 2 rings (SSSR count). The summed E-state index contributed by atoms with van der Waals surface area (Å²) in [6, 6.07) is 3.52. The molecule has 1 N–H and O–H groups in total. The minimum Gasteiger partial charge on any atom is -0.496 e. The van der Waals surface area contributed by atoms with Gasteiger partial charge in [-0.05, 0) is 24.6 Å². The van der Waals surface area contributed by atoms with Crippen LogP contribution in [-0.4, -0.2) is 19.2 Å². The average Bonchev–Trinajstić information content (AvgIpc) is 2.34. The fourth-order valence-corrected chi connectivity index (χ4v) is 1.99. The molecule has 0 spiro atoms. The molecule has 0 radical (unpaired) electrons. The highest BCUT2D eigenvalue weighted by Crippen LogP contribution is 2.34. The Labute approximate surface area is 103 Å². The van der Waals surface area contributed by atoms with Gasteiger partial charge in [-0.1, -0.05) is 11.6 Å². The van der Waals surface area contributed by atoms with Crippen LogP contribution in [0.1, 0.15) is 5.56 Å². The molecule has 0 saturated carbocycles. The zero-order valence-electron chi connectivity index (χ0n) is 9.76. The van der Waals surface area contributed by atoms with Crippen LogP contribution in [0, 0.1) is 6.92 Å². The molecular formula is C12H12ClNO3. The van der Waals surface area contributed by atoms with Crippen molar-refractivity contribution >= 4 is 22.5 Å². The number of fused-ring (bicyclic) bond motifs is 1. The molecule has 17 heavy (non-hydrogen) atoms. The summed E-state index contributed by atoms with van der Waals surface area (Å²) in [4.78, 5) is 14.3. The number of halogens is 1. The van der Waals surface area contributed by atoms with Crippen molar-refractivity contribution in [1.29, 1.82) is 0 Å². The lowest BCUT2D eigenvalue weighted by atomic mass is 10.1. The lowest BCUT2D eigenvalue weighted by Crippen LogP contribution is -2.09. The number of nitrogens with one attached hydrogen (secondary N) is 1. The monoisotopic (exact) mass is 253 g/mol. The summed E-state index contributed by atoms with van der Waals surface area (Å²) >= 11 is 5.94. The van der Waals surface area contributed by atoms with Crippen molar-refractivity contribution in [3.05, 3.63) is 33.1 Å². The molecule has 0 atom stereocenters. The van der Waals surface area contributed by atoms with Gasteiger partial charge in [-0.15, -0.1) is 0 Å². The predicted octanol–water partition coefficient (Wildman–Crippen LogP) is 2.51. The highest BCUT2D eigenvalue weighted by Gasteiger charge is 2.14. The van der Waals surface area contributed by atoms with Crippen LogP contribution in [0.3, 0.4) is 0 Å². The van der Waals surface area contributed by atoms with Crippen LogP contribution in [-0.2, 0) is 0 Å². The van der Waals surface area contributed by atoms with E-state index in [4.69, 9.17) is 21.1 Å². The Kier molecular flexibility index (Phi) is 2.98. The van der Waals surface area contributed by atoms with Gasteiger partial charge in [0.1, 0.15) is 16.5 Å². The van der Waals surface area contributed by atoms with Crippen LogP contribution < -0.4 is 15.0 Å². The van der Waals surface area contributed by atoms with E-state index in [-0.39, 0.29) is 10.6 Å². The van der Waals surface area contributed by atoms with Crippen molar-refractivity contribution in [2.75, 3.05) is 14.2 Å². The quantitative estimate of drug-likeness (QED) is 0.895. The number of hydrogen-bond donors (Lipinski definition) is 1. The number of pyridine rings is 1. The molecule has 0 unspecified atom stereocenters. The minimum absolute atomic E-state index is 0.170. The van der Waals surface area contributed by atoms with Gasteiger partial charge in [0.25, 0.3) is 5.56 Å². The molecule has 0 saturated heterocycles. The number of H-pyrrole nitrogens is 1. The fraction of sp³-hybridized carbons (Fsp3) is 0.250. The molecule has 0 fully saturated rings. The molecule has 1 heterocycles. The summed E-state index contributed by atoms with van der Waals surface area (Å²) in [6.07, 6.45) is 0. The summed E-state index contributed by atoms with van der Waals surface area (Å²) in [7, 11) is 3.11. The number of rotatable bonds is 2. The second kappa shape index (κ2) is 4.30. The largest absolute Gasteiger partial charge is 0.496 e. The molecule has 4 nitrogen and oxygen atoms in total. The number of ether oxygens (including phenoxy) is 2. The fourth-order valence-electron chi connectivity index (χ4n) is 1.85. The molecule has 1 aromatic heterocycles. The van der Waals surface area contributed by atoms with E-state index in [1.54, 1.807) is 33.3 Å². The summed E-state index contributed by atoms with van der Waals surface area (Å²) in [5.74, 6) is 1.23. The molecule has 0 aliphatic heterocycles. The number of aromatic nitrogens is 1. The van der Waals surface area contributed by atoms with E-state index in [0.29, 0.717) is 22.6 Å². The van der Waals surface area contributed by atoms with Crippen molar-refractivity contribution in [3.8, 4) is 11.5 Å². The first-order valence-electron chi connectivity index (χ1n) is 5.03. The standard InChI is InChI=1S/C12H12ClNO3/c1-6-9-7(16-2)4-5-8(17-3)11(9)14-12(15)10(6)13/h4-5H,1-3H3,(H,14,15). The maximum Gasteiger partial charge on any atom is 0.267 e. The van der Waals surface area contributed by atoms with Gasteiger partial charge in [-0.2, -0.15) is 0 Å². The van der Waals surface area contributed by atoms with Gasteiger partial charge >= 0.3 is 0 Å². The molecule has 1 aromatic carbocycles. The zero-order chi connectivity index (χ0) is 12.6. The molecule has 5 heteroatoms. The van der Waals surface area contributed by atoms with Crippen molar-refractivity contribution in [1.82, 2.24) is 4.98 Å². The summed E-state index contributed by atoms with van der Waals surface area (Å²) in [5, 5.41) is 0.931. The van der Waals surface area contributed by atoms with Crippen LogP contribution in [0.5, 0.6) is 11.5 Å². The van der Waals surface area contributed by atoms with Crippen LogP contribution in [0.25, 0.3) is 10.9 Å². The van der Waals surface area contributed by atoms with Gasteiger partial charge in [0, 0.05) is 5.39 Å². The van der Waals surface area contributed by atoms with Crippen LogP contribution in [0.4, 0.5) is 0 Å². The topological polar surface area (TPSA) is 51.3 Å². The Morgan fingerprint density at radius 3 is 2.35 bits per heavy atom. The highest BCUT2D eigenvalue weighted by molar-refractivity contribution is 6.32. The molecule has 90 valence electrons. The molecule has 0 aliphatic carbocycles. The van der Waals surface area contributed by atoms with Gasteiger partial charge in [-0.25, -0.2) is 0 Å². The number of hydrogen-bond acceptors (Lipinski definition) is 3. The average molecular weight is 254 g/mol. The molecule has 2 aromatic rings. The lowest BCUT2D eigenvalue weighted by molar-refractivity contribution is 0.409. The van der Waals surface area contributed by atoms with Gasteiger partial charge in [0.05, 0.1) is 19.7 Å². The molecule has 0 bridgehead atoms. The third kappa shape index (κ3) is 1.74. The zero-order valence-corrected chi connectivity index (χ0v) is 10.5. The van der Waals surface area contributed by atoms with Crippen LogP contribution in [0.2, 0.25) is 5.02 Å². The third-order valence-corrected chi connectivity index (χ3v) is 3.17. The first-order chi connectivity index (χ1) is 8.10. The number of methoxy groups -OCH3 is 2. The molecule has 0 aliphatic rings. The van der Waals surface area contributed by atoms with Crippen molar-refractivity contribution in [2.24, 2.45) is 0 Å². The summed E-state index contributed by atoms with van der Waals surface area (Å²) in [6.45, 7) is 1.78. The first-order valence-corrected chi connectivity index (χ1v) is 5.41. The second-order valence-corrected chi connectivity index (χ2v) is 3.99. The predicted molar refractivity (Wildman–Crippen MR) is 67.4 cm³/mol. The Balaban J connectivity index is 3.01. The van der Waals surface area contributed by atoms with E-state index >= 15 is 0 Å².